The number of carboxylic acids is 3. The van der Waals surface area contributed by atoms with Gasteiger partial charge in [-0.15, -0.1) is 11.8 Å². The molecule has 2 aliphatic carbocycles. The minimum Gasteiger partial charge on any atom is -0.599 e. The topological polar surface area (TPSA) is 484 Å². The van der Waals surface area contributed by atoms with E-state index in [0.29, 0.717) is 10.1 Å². The van der Waals surface area contributed by atoms with Gasteiger partial charge in [0.25, 0.3) is 22.2 Å². The minimum atomic E-state index is -1.27. The van der Waals surface area contributed by atoms with Gasteiger partial charge in [0.2, 0.25) is 5.91 Å². The standard InChI is InChI=1S/C28H26N4O7.C22H24N2O4.C9H8N2O4.C6H5IN2O4.C4H3IN2O2/c1-2-7-18-14-32(27(37)30-26(18)36)15-24(33)31(16-25(34)35)13-12-29-28(38)39-17-23-21-10-5-3-8-19(21)20-9-4-6-11-22(20)23;1-2-13-27-21(25)14-23-11-12-24-22(26)28-15-20-18-9-5-3-7-16(18)17-8-4-6-10-19(17)20;1-2-3-6-4-11(5-7(12)13)9(15)10-8(6)14;7-3-1-9(2-4(10)11)6(13)8-5(3)12;5-2-1-6-4(9)7-3(2)8/h3-6,8-11,14,23H,12-13,15-17H2,1H3,(H,29,38)(H,34,35)(H,30,36,37);2-10,20,23H,1,11-15H2,(H,24,26);4H,5H2,1H3,(H,12,13)(H,10,14,15);1H,2H2,(H,10,11)(H,8,12,13);1H,(H2,6,7,8,9)/p-1. The number of amides is 2. The van der Waals surface area contributed by atoms with Crippen molar-refractivity contribution in [3.05, 3.63) is 258 Å². The molecule has 0 fully saturated rings. The number of H-pyrrole nitrogens is 5. The van der Waals surface area contributed by atoms with E-state index < -0.39 is 102 Å². The van der Waals surface area contributed by atoms with Crippen LogP contribution in [0.2, 0.25) is 0 Å². The quantitative estimate of drug-likeness (QED) is 0.00863. The summed E-state index contributed by atoms with van der Waals surface area (Å²) < 4.78 is 19.2. The van der Waals surface area contributed by atoms with Gasteiger partial charge in [-0.05, 0) is 104 Å². The van der Waals surface area contributed by atoms with E-state index in [-0.39, 0.29) is 84.1 Å². The Kier molecular flexibility index (Phi) is 31.3. The van der Waals surface area contributed by atoms with Crippen LogP contribution in [-0.4, -0.2) is 160 Å². The second-order valence-corrected chi connectivity index (χ2v) is 23.8. The third kappa shape index (κ3) is 24.3. The number of carbonyl (C=O) groups excluding carboxylic acids is 3. The fourth-order valence-corrected chi connectivity index (χ4v) is 10.7. The maximum Gasteiger partial charge on any atom is 0.407 e. The SMILES string of the molecule is C=CCOC(=O)CNCCN=C([O-])OCC1c2ccccc2-c2ccccc21.CC#Cc1cn(CC(=O)N(CCNC(=O)OCC2c3ccccc3-c3ccccc32)CC(=O)O)c(=O)[nH]c1=O.CC#Cc1cn(CC(=O)O)c(=O)[nH]c1=O.O=C(O)Cn1cc(I)c(=O)[nH]c1=O.O=c1[nH]cc(I)c(=O)[nH]1. The minimum absolute atomic E-state index is 0.00777. The van der Waals surface area contributed by atoms with Crippen molar-refractivity contribution in [3.63, 3.8) is 0 Å². The lowest BCUT2D eigenvalue weighted by Gasteiger charge is -2.21. The smallest absolute Gasteiger partial charge is 0.407 e. The maximum absolute atomic E-state index is 12.8. The number of aliphatic imine (C=N–C) groups is 1. The third-order valence-corrected chi connectivity index (χ3v) is 15.9. The summed E-state index contributed by atoms with van der Waals surface area (Å²) in [5, 5.41) is 43.5. The number of hydrogen-bond acceptors (Lipinski definition) is 20. The van der Waals surface area contributed by atoms with Crippen LogP contribution in [0.15, 0.2) is 178 Å². The van der Waals surface area contributed by atoms with Crippen LogP contribution < -0.4 is 60.7 Å². The van der Waals surface area contributed by atoms with E-state index in [1.807, 2.05) is 105 Å². The van der Waals surface area contributed by atoms with E-state index in [0.717, 1.165) is 64.4 Å². The summed E-state index contributed by atoms with van der Waals surface area (Å²) in [5.41, 5.74) is 4.14. The highest BCUT2D eigenvalue weighted by Crippen LogP contribution is 2.45. The van der Waals surface area contributed by atoms with E-state index in [1.54, 1.807) is 22.6 Å². The molecule has 4 aromatic heterocycles. The van der Waals surface area contributed by atoms with Crippen LogP contribution in [0.4, 0.5) is 4.79 Å². The van der Waals surface area contributed by atoms with Crippen LogP contribution in [0.1, 0.15) is 59.1 Å². The monoisotopic (exact) mass is 1650 g/mol. The molecule has 35 heteroatoms. The molecule has 4 aromatic carbocycles. The maximum atomic E-state index is 12.8. The van der Waals surface area contributed by atoms with Gasteiger partial charge in [-0.3, -0.25) is 81.8 Å². The van der Waals surface area contributed by atoms with Gasteiger partial charge in [-0.2, -0.15) is 0 Å². The number of ether oxygens (including phenoxy) is 3. The predicted molar refractivity (Wildman–Crippen MR) is 391 cm³/mol. The van der Waals surface area contributed by atoms with Gasteiger partial charge in [0, 0.05) is 62.9 Å². The summed E-state index contributed by atoms with van der Waals surface area (Å²) in [6.07, 6.45) is 5.04. The van der Waals surface area contributed by atoms with Crippen LogP contribution in [0.3, 0.4) is 0 Å². The van der Waals surface area contributed by atoms with Gasteiger partial charge in [0.05, 0.1) is 20.2 Å². The molecule has 0 unspecified atom stereocenters. The van der Waals surface area contributed by atoms with E-state index in [1.165, 1.54) is 43.4 Å². The lowest BCUT2D eigenvalue weighted by atomic mass is 9.98. The number of alkyl carbamates (subject to hydrolysis) is 1. The first-order chi connectivity index (χ1) is 49.7. The fourth-order valence-electron chi connectivity index (χ4n) is 9.89. The largest absolute Gasteiger partial charge is 0.599 e. The lowest BCUT2D eigenvalue weighted by molar-refractivity contribution is -0.251. The Balaban J connectivity index is 0.000000225. The normalized spacial score (nSPS) is 11.2. The molecule has 10 rings (SSSR count). The second kappa shape index (κ2) is 40.3. The third-order valence-electron chi connectivity index (χ3n) is 14.4. The zero-order valence-electron chi connectivity index (χ0n) is 55.2. The zero-order valence-corrected chi connectivity index (χ0v) is 59.5. The Morgan fingerprint density at radius 3 is 1.48 bits per heavy atom. The summed E-state index contributed by atoms with van der Waals surface area (Å²) in [6.45, 7) is 5.38. The molecule has 0 saturated carbocycles. The molecule has 0 atom stereocenters. The number of carboxylic acid groups (broad SMARTS) is 3. The molecule has 0 saturated heterocycles. The zero-order chi connectivity index (χ0) is 76.0. The Bertz CT molecular complexity index is 5070. The van der Waals surface area contributed by atoms with Crippen molar-refractivity contribution in [2.45, 2.75) is 45.3 Å². The van der Waals surface area contributed by atoms with Gasteiger partial charge in [0.1, 0.15) is 56.6 Å². The summed E-state index contributed by atoms with van der Waals surface area (Å²) in [7, 11) is 0. The molecule has 8 aromatic rings. The molecule has 10 N–H and O–H groups in total. The highest BCUT2D eigenvalue weighted by Gasteiger charge is 2.30. The molecule has 2 aliphatic rings. The van der Waals surface area contributed by atoms with Crippen molar-refractivity contribution < 1.29 is 63.4 Å². The summed E-state index contributed by atoms with van der Waals surface area (Å²) >= 11 is 3.54. The number of nitrogens with zero attached hydrogens (tertiary/aromatic N) is 5. The number of hydrogen-bond donors (Lipinski definition) is 10. The van der Waals surface area contributed by atoms with Crippen molar-refractivity contribution in [2.24, 2.45) is 4.99 Å². The molecule has 0 bridgehead atoms. The van der Waals surface area contributed by atoms with E-state index in [2.05, 4.69) is 85.1 Å². The van der Waals surface area contributed by atoms with Crippen molar-refractivity contribution >= 4 is 87.1 Å². The van der Waals surface area contributed by atoms with Crippen LogP contribution in [-0.2, 0) is 57.8 Å². The van der Waals surface area contributed by atoms with Crippen molar-refractivity contribution in [1.82, 2.24) is 54.2 Å². The number of esters is 1. The predicted octanol–water partition coefficient (Wildman–Crippen LogP) is 1.10. The van der Waals surface area contributed by atoms with Gasteiger partial charge in [-0.25, -0.2) is 24.0 Å². The second-order valence-electron chi connectivity index (χ2n) is 21.5. The van der Waals surface area contributed by atoms with Crippen molar-refractivity contribution in [3.8, 4) is 45.9 Å². The molecule has 2 amide bonds. The number of aliphatic carboxylic acids is 3. The van der Waals surface area contributed by atoms with Crippen LogP contribution in [0.5, 0.6) is 0 Å². The first kappa shape index (κ1) is 80.7. The average Bonchev–Trinajstić information content (AvgIpc) is 1.62. The van der Waals surface area contributed by atoms with E-state index in [9.17, 15) is 77.3 Å². The molecule has 4 heterocycles. The summed E-state index contributed by atoms with van der Waals surface area (Å²) in [4.78, 5) is 173. The highest BCUT2D eigenvalue weighted by molar-refractivity contribution is 14.1. The first-order valence-electron chi connectivity index (χ1n) is 30.7. The molecule has 33 nitrogen and oxygen atoms in total. The fraction of sp³-hybridized carbons (Fsp3) is 0.232. The number of aromatic nitrogens is 8. The Morgan fingerprint density at radius 1 is 0.596 bits per heavy atom. The van der Waals surface area contributed by atoms with Crippen LogP contribution >= 0.6 is 45.2 Å². The van der Waals surface area contributed by atoms with E-state index >= 15 is 0 Å². The number of nitrogens with one attached hydrogen (secondary N) is 7. The van der Waals surface area contributed by atoms with Gasteiger partial charge < -0.3 is 55.2 Å². The Labute approximate surface area is 614 Å². The van der Waals surface area contributed by atoms with Gasteiger partial charge in [0.15, 0.2) is 0 Å². The summed E-state index contributed by atoms with van der Waals surface area (Å²) in [5.74, 6) is 5.29. The number of aromatic amines is 5. The van der Waals surface area contributed by atoms with Gasteiger partial charge >= 0.3 is 52.7 Å². The molecule has 104 heavy (non-hydrogen) atoms. The molecular formula is C69H65I2N12O21-. The van der Waals surface area contributed by atoms with Crippen LogP contribution in [0.25, 0.3) is 22.3 Å². The molecular weight excluding hydrogens is 1590 g/mol. The molecule has 0 radical (unpaired) electrons. The van der Waals surface area contributed by atoms with E-state index in [4.69, 9.17) is 24.4 Å². The summed E-state index contributed by atoms with van der Waals surface area (Å²) in [6, 6.07) is 32.2. The number of carbonyl (C=O) groups is 6. The first-order valence-corrected chi connectivity index (χ1v) is 32.9. The van der Waals surface area contributed by atoms with Crippen molar-refractivity contribution in [2.75, 3.05) is 59.1 Å². The van der Waals surface area contributed by atoms with Crippen LogP contribution in [0, 0.1) is 30.8 Å². The molecule has 0 aliphatic heterocycles. The Hall–Kier alpha value is -12.2. The lowest BCUT2D eigenvalue weighted by Crippen LogP contribution is -2.44. The number of halogens is 2. The van der Waals surface area contributed by atoms with Crippen molar-refractivity contribution in [1.29, 1.82) is 0 Å². The molecule has 0 spiro atoms. The highest BCUT2D eigenvalue weighted by atomic mass is 127. The van der Waals surface area contributed by atoms with Gasteiger partial charge in [-0.1, -0.05) is 122 Å². The average molecular weight is 1650 g/mol. The number of fused-ring (bicyclic) bond motifs is 6. The number of rotatable bonds is 22. The Morgan fingerprint density at radius 2 is 1.04 bits per heavy atom. The molecule has 542 valence electrons. The number of benzene rings is 4.